The normalized spacial score (nSPS) is 17.2. The maximum Gasteiger partial charge on any atom is 0.321 e. The van der Waals surface area contributed by atoms with Gasteiger partial charge < -0.3 is 15.5 Å². The zero-order valence-electron chi connectivity index (χ0n) is 13.3. The number of piperidine rings is 1. The first-order chi connectivity index (χ1) is 11.7. The van der Waals surface area contributed by atoms with Crippen LogP contribution in [-0.4, -0.2) is 34.9 Å². The van der Waals surface area contributed by atoms with E-state index < -0.39 is 0 Å². The average Bonchev–Trinajstić information content (AvgIpc) is 2.63. The number of amides is 3. The lowest BCUT2D eigenvalue weighted by Crippen LogP contribution is -2.45. The van der Waals surface area contributed by atoms with Gasteiger partial charge in [0.2, 0.25) is 5.91 Å². The molecule has 1 fully saturated rings. The molecule has 2 aromatic rings. The summed E-state index contributed by atoms with van der Waals surface area (Å²) < 4.78 is 0. The molecule has 124 valence electrons. The second kappa shape index (κ2) is 7.59. The van der Waals surface area contributed by atoms with Crippen molar-refractivity contribution < 1.29 is 9.59 Å². The van der Waals surface area contributed by atoms with Crippen LogP contribution < -0.4 is 10.6 Å². The molecule has 3 amide bonds. The Kier molecular flexibility index (Phi) is 5.05. The first kappa shape index (κ1) is 16.0. The highest BCUT2D eigenvalue weighted by atomic mass is 16.2. The lowest BCUT2D eigenvalue weighted by Gasteiger charge is -2.32. The predicted molar refractivity (Wildman–Crippen MR) is 92.6 cm³/mol. The van der Waals surface area contributed by atoms with Gasteiger partial charge in [-0.05, 0) is 37.1 Å². The second-order valence-corrected chi connectivity index (χ2v) is 5.81. The number of hydrogen-bond acceptors (Lipinski definition) is 3. The summed E-state index contributed by atoms with van der Waals surface area (Å²) >= 11 is 0. The Hall–Kier alpha value is -2.89. The van der Waals surface area contributed by atoms with E-state index >= 15 is 0 Å². The van der Waals surface area contributed by atoms with Crippen LogP contribution in [0.3, 0.4) is 0 Å². The Balaban J connectivity index is 1.57. The van der Waals surface area contributed by atoms with Crippen molar-refractivity contribution >= 4 is 23.3 Å². The predicted octanol–water partition coefficient (Wildman–Crippen LogP) is 2.96. The van der Waals surface area contributed by atoms with E-state index in [9.17, 15) is 9.59 Å². The Bertz CT molecular complexity index is 631. The number of urea groups is 1. The third kappa shape index (κ3) is 4.10. The van der Waals surface area contributed by atoms with Gasteiger partial charge in [0.05, 0.1) is 5.92 Å². The molecule has 6 nitrogen and oxygen atoms in total. The van der Waals surface area contributed by atoms with Crippen molar-refractivity contribution in [2.45, 2.75) is 12.8 Å². The fraction of sp³-hybridized carbons (Fsp3) is 0.278. The van der Waals surface area contributed by atoms with Gasteiger partial charge >= 0.3 is 6.03 Å². The molecule has 1 aliphatic heterocycles. The number of benzene rings is 1. The number of nitrogens with one attached hydrogen (secondary N) is 2. The van der Waals surface area contributed by atoms with E-state index in [0.717, 1.165) is 24.2 Å². The lowest BCUT2D eigenvalue weighted by atomic mass is 9.97. The molecule has 0 aliphatic carbocycles. The number of carbonyl (C=O) groups excluding carboxylic acids is 2. The maximum absolute atomic E-state index is 12.4. The van der Waals surface area contributed by atoms with Crippen LogP contribution in [0.5, 0.6) is 0 Å². The number of para-hydroxylation sites is 1. The molecule has 24 heavy (non-hydrogen) atoms. The van der Waals surface area contributed by atoms with Gasteiger partial charge in [-0.3, -0.25) is 9.78 Å². The van der Waals surface area contributed by atoms with E-state index in [2.05, 4.69) is 15.6 Å². The van der Waals surface area contributed by atoms with Crippen molar-refractivity contribution in [3.8, 4) is 0 Å². The zero-order chi connectivity index (χ0) is 16.8. The molecular weight excluding hydrogens is 304 g/mol. The van der Waals surface area contributed by atoms with Crippen LogP contribution in [0, 0.1) is 5.92 Å². The van der Waals surface area contributed by atoms with Crippen molar-refractivity contribution in [1.29, 1.82) is 0 Å². The number of carbonyl (C=O) groups is 2. The molecule has 0 saturated carbocycles. The maximum atomic E-state index is 12.4. The Morgan fingerprint density at radius 3 is 2.46 bits per heavy atom. The van der Waals surface area contributed by atoms with E-state index in [1.54, 1.807) is 29.4 Å². The SMILES string of the molecule is O=C(Nc1ccncc1)C1CCCN(C(=O)Nc2ccccc2)C1. The largest absolute Gasteiger partial charge is 0.326 e. The van der Waals surface area contributed by atoms with E-state index in [1.807, 2.05) is 30.3 Å². The smallest absolute Gasteiger partial charge is 0.321 e. The average molecular weight is 324 g/mol. The van der Waals surface area contributed by atoms with Crippen molar-refractivity contribution in [3.63, 3.8) is 0 Å². The number of aromatic nitrogens is 1. The van der Waals surface area contributed by atoms with Gasteiger partial charge in [0.25, 0.3) is 0 Å². The summed E-state index contributed by atoms with van der Waals surface area (Å²) in [6, 6.07) is 12.7. The third-order valence-electron chi connectivity index (χ3n) is 4.05. The molecule has 6 heteroatoms. The van der Waals surface area contributed by atoms with Crippen LogP contribution >= 0.6 is 0 Å². The number of anilines is 2. The molecule has 1 aliphatic rings. The van der Waals surface area contributed by atoms with E-state index in [-0.39, 0.29) is 17.9 Å². The number of pyridine rings is 1. The zero-order valence-corrected chi connectivity index (χ0v) is 13.3. The van der Waals surface area contributed by atoms with Crippen molar-refractivity contribution in [3.05, 3.63) is 54.9 Å². The van der Waals surface area contributed by atoms with Crippen LogP contribution in [0.2, 0.25) is 0 Å². The Labute approximate surface area is 140 Å². The fourth-order valence-corrected chi connectivity index (χ4v) is 2.78. The Morgan fingerprint density at radius 2 is 1.71 bits per heavy atom. The summed E-state index contributed by atoms with van der Waals surface area (Å²) in [7, 11) is 0. The standard InChI is InChI=1S/C18H20N4O2/c23-17(20-16-8-10-19-11-9-16)14-5-4-12-22(13-14)18(24)21-15-6-2-1-3-7-15/h1-3,6-11,14H,4-5,12-13H2,(H,21,24)(H,19,20,23). The molecule has 2 heterocycles. The molecule has 1 aromatic heterocycles. The fourth-order valence-electron chi connectivity index (χ4n) is 2.78. The summed E-state index contributed by atoms with van der Waals surface area (Å²) in [5.74, 6) is -0.258. The summed E-state index contributed by atoms with van der Waals surface area (Å²) in [6.07, 6.45) is 4.87. The second-order valence-electron chi connectivity index (χ2n) is 5.81. The molecule has 2 N–H and O–H groups in total. The van der Waals surface area contributed by atoms with E-state index in [0.29, 0.717) is 13.1 Å². The molecule has 3 rings (SSSR count). The van der Waals surface area contributed by atoms with Crippen LogP contribution in [0.15, 0.2) is 54.9 Å². The number of likely N-dealkylation sites (tertiary alicyclic amines) is 1. The van der Waals surface area contributed by atoms with Gasteiger partial charge in [-0.1, -0.05) is 18.2 Å². The van der Waals surface area contributed by atoms with Crippen molar-refractivity contribution in [2.75, 3.05) is 23.7 Å². The van der Waals surface area contributed by atoms with Crippen molar-refractivity contribution in [1.82, 2.24) is 9.88 Å². The monoisotopic (exact) mass is 324 g/mol. The minimum Gasteiger partial charge on any atom is -0.326 e. The van der Waals surface area contributed by atoms with Gasteiger partial charge in [-0.25, -0.2) is 4.79 Å². The highest BCUT2D eigenvalue weighted by Crippen LogP contribution is 2.19. The molecule has 1 unspecified atom stereocenters. The van der Waals surface area contributed by atoms with Gasteiger partial charge in [-0.2, -0.15) is 0 Å². The molecule has 0 spiro atoms. The lowest BCUT2D eigenvalue weighted by molar-refractivity contribution is -0.121. The minimum absolute atomic E-state index is 0.0570. The van der Waals surface area contributed by atoms with Gasteiger partial charge in [0, 0.05) is 36.9 Å². The van der Waals surface area contributed by atoms with Gasteiger partial charge in [-0.15, -0.1) is 0 Å². The topological polar surface area (TPSA) is 74.3 Å². The summed E-state index contributed by atoms with van der Waals surface area (Å²) in [5, 5.41) is 5.75. The molecular formula is C18H20N4O2. The number of nitrogens with zero attached hydrogens (tertiary/aromatic N) is 2. The minimum atomic E-state index is -0.201. The van der Waals surface area contributed by atoms with Crippen molar-refractivity contribution in [2.24, 2.45) is 5.92 Å². The van der Waals surface area contributed by atoms with Crippen LogP contribution in [0.1, 0.15) is 12.8 Å². The van der Waals surface area contributed by atoms with Gasteiger partial charge in [0.15, 0.2) is 0 Å². The first-order valence-electron chi connectivity index (χ1n) is 8.04. The van der Waals surface area contributed by atoms with Crippen LogP contribution in [0.4, 0.5) is 16.2 Å². The van der Waals surface area contributed by atoms with Gasteiger partial charge in [0.1, 0.15) is 0 Å². The quantitative estimate of drug-likeness (QED) is 0.911. The van der Waals surface area contributed by atoms with Crippen LogP contribution in [0.25, 0.3) is 0 Å². The highest BCUT2D eigenvalue weighted by Gasteiger charge is 2.28. The molecule has 0 bridgehead atoms. The van der Waals surface area contributed by atoms with E-state index in [4.69, 9.17) is 0 Å². The molecule has 1 atom stereocenters. The molecule has 0 radical (unpaired) electrons. The highest BCUT2D eigenvalue weighted by molar-refractivity contribution is 5.94. The molecule has 1 saturated heterocycles. The first-order valence-corrected chi connectivity index (χ1v) is 8.04. The number of rotatable bonds is 3. The third-order valence-corrected chi connectivity index (χ3v) is 4.05. The van der Waals surface area contributed by atoms with E-state index in [1.165, 1.54) is 0 Å². The molecule has 1 aromatic carbocycles. The summed E-state index contributed by atoms with van der Waals surface area (Å²) in [6.45, 7) is 1.09. The number of hydrogen-bond donors (Lipinski definition) is 2. The Morgan fingerprint density at radius 1 is 1.00 bits per heavy atom. The summed E-state index contributed by atoms with van der Waals surface area (Å²) in [5.41, 5.74) is 1.48. The summed E-state index contributed by atoms with van der Waals surface area (Å²) in [4.78, 5) is 30.4. The van der Waals surface area contributed by atoms with Crippen LogP contribution in [-0.2, 0) is 4.79 Å².